The molecule has 0 spiro atoms. The van der Waals surface area contributed by atoms with Gasteiger partial charge in [0.25, 0.3) is 5.69 Å². The number of hydrogen-bond acceptors (Lipinski definition) is 4. The normalized spacial score (nSPS) is 11.9. The Bertz CT molecular complexity index is 407. The minimum atomic E-state index is -0.394. The van der Waals surface area contributed by atoms with Crippen LogP contribution in [-0.2, 0) is 0 Å². The minimum Gasteiger partial charge on any atom is -0.496 e. The minimum absolute atomic E-state index is 0.0537. The number of hydrogen-bond donors (Lipinski definition) is 1. The third kappa shape index (κ3) is 3.91. The Balaban J connectivity index is 2.78. The van der Waals surface area contributed by atoms with E-state index < -0.39 is 4.92 Å². The van der Waals surface area contributed by atoms with Gasteiger partial charge in [-0.3, -0.25) is 10.1 Å². The highest BCUT2D eigenvalue weighted by molar-refractivity contribution is 5.63. The van der Waals surface area contributed by atoms with E-state index in [2.05, 4.69) is 19.2 Å². The zero-order valence-corrected chi connectivity index (χ0v) is 11.1. The van der Waals surface area contributed by atoms with Gasteiger partial charge in [-0.25, -0.2) is 0 Å². The van der Waals surface area contributed by atoms with Gasteiger partial charge >= 0.3 is 0 Å². The predicted molar refractivity (Wildman–Crippen MR) is 72.2 cm³/mol. The number of nitro groups is 1. The lowest BCUT2D eigenvalue weighted by molar-refractivity contribution is -0.384. The van der Waals surface area contributed by atoms with Crippen molar-refractivity contribution < 1.29 is 9.66 Å². The quantitative estimate of drug-likeness (QED) is 0.596. The van der Waals surface area contributed by atoms with Crippen molar-refractivity contribution in [1.29, 1.82) is 0 Å². The Morgan fingerprint density at radius 1 is 1.50 bits per heavy atom. The maximum atomic E-state index is 11.0. The van der Waals surface area contributed by atoms with Gasteiger partial charge in [0.1, 0.15) is 11.4 Å². The van der Waals surface area contributed by atoms with Crippen LogP contribution in [0.1, 0.15) is 26.7 Å². The van der Waals surface area contributed by atoms with Crippen molar-refractivity contribution in [2.75, 3.05) is 19.0 Å². The molecular formula is C13H20N2O3. The Hall–Kier alpha value is -1.78. The highest BCUT2D eigenvalue weighted by Gasteiger charge is 2.15. The highest BCUT2D eigenvalue weighted by atomic mass is 16.6. The lowest BCUT2D eigenvalue weighted by Crippen LogP contribution is -2.12. The first-order valence-corrected chi connectivity index (χ1v) is 6.14. The summed E-state index contributed by atoms with van der Waals surface area (Å²) in [7, 11) is 1.50. The summed E-state index contributed by atoms with van der Waals surface area (Å²) in [6.07, 6.45) is 2.23. The predicted octanol–water partition coefficient (Wildman–Crippen LogP) is 3.45. The molecule has 0 aliphatic heterocycles. The van der Waals surface area contributed by atoms with Gasteiger partial charge in [0.2, 0.25) is 0 Å². The zero-order valence-electron chi connectivity index (χ0n) is 11.1. The molecule has 100 valence electrons. The summed E-state index contributed by atoms with van der Waals surface area (Å²) in [6, 6.07) is 4.85. The molecule has 1 aromatic carbocycles. The fourth-order valence-electron chi connectivity index (χ4n) is 1.82. The summed E-state index contributed by atoms with van der Waals surface area (Å²) in [5.41, 5.74) is 0.599. The monoisotopic (exact) mass is 252 g/mol. The first kappa shape index (κ1) is 14.3. The Kier molecular flexibility index (Phi) is 5.42. The average molecular weight is 252 g/mol. The van der Waals surface area contributed by atoms with Gasteiger partial charge in [-0.1, -0.05) is 20.3 Å². The molecule has 0 aliphatic rings. The van der Waals surface area contributed by atoms with Crippen LogP contribution >= 0.6 is 0 Å². The van der Waals surface area contributed by atoms with E-state index in [0.717, 1.165) is 19.4 Å². The lowest BCUT2D eigenvalue weighted by Gasteiger charge is -2.13. The van der Waals surface area contributed by atoms with E-state index in [1.165, 1.54) is 13.2 Å². The molecule has 5 heteroatoms. The SMILES string of the molecule is CCCC(C)CNc1ccc(OC)cc1[N+](=O)[O-]. The molecule has 18 heavy (non-hydrogen) atoms. The number of rotatable bonds is 7. The van der Waals surface area contributed by atoms with Gasteiger partial charge in [0.05, 0.1) is 18.1 Å². The van der Waals surface area contributed by atoms with E-state index in [1.807, 2.05) is 0 Å². The summed E-state index contributed by atoms with van der Waals surface area (Å²) in [5, 5.41) is 14.1. The topological polar surface area (TPSA) is 64.4 Å². The molecule has 0 bridgehead atoms. The average Bonchev–Trinajstić information content (AvgIpc) is 2.36. The van der Waals surface area contributed by atoms with Gasteiger partial charge in [0, 0.05) is 6.54 Å². The van der Waals surface area contributed by atoms with Crippen LogP contribution in [0.4, 0.5) is 11.4 Å². The fourth-order valence-corrected chi connectivity index (χ4v) is 1.82. The van der Waals surface area contributed by atoms with Crippen molar-refractivity contribution in [1.82, 2.24) is 0 Å². The summed E-state index contributed by atoms with van der Waals surface area (Å²) in [6.45, 7) is 5.00. The fraction of sp³-hybridized carbons (Fsp3) is 0.538. The second-order valence-electron chi connectivity index (χ2n) is 4.41. The molecule has 0 saturated heterocycles. The van der Waals surface area contributed by atoms with Crippen molar-refractivity contribution in [3.63, 3.8) is 0 Å². The second kappa shape index (κ2) is 6.83. The molecule has 1 aromatic rings. The Labute approximate surface area is 107 Å². The van der Waals surface area contributed by atoms with Crippen LogP contribution in [0.3, 0.4) is 0 Å². The number of nitrogens with one attached hydrogen (secondary N) is 1. The largest absolute Gasteiger partial charge is 0.496 e. The van der Waals surface area contributed by atoms with E-state index >= 15 is 0 Å². The van der Waals surface area contributed by atoms with E-state index in [0.29, 0.717) is 17.4 Å². The maximum absolute atomic E-state index is 11.0. The number of ether oxygens (including phenoxy) is 1. The smallest absolute Gasteiger partial charge is 0.296 e. The number of benzene rings is 1. The zero-order chi connectivity index (χ0) is 13.5. The third-order valence-electron chi connectivity index (χ3n) is 2.82. The van der Waals surface area contributed by atoms with Crippen LogP contribution in [-0.4, -0.2) is 18.6 Å². The van der Waals surface area contributed by atoms with E-state index in [-0.39, 0.29) is 5.69 Å². The second-order valence-corrected chi connectivity index (χ2v) is 4.41. The molecule has 0 fully saturated rings. The molecule has 5 nitrogen and oxygen atoms in total. The number of anilines is 1. The third-order valence-corrected chi connectivity index (χ3v) is 2.82. The highest BCUT2D eigenvalue weighted by Crippen LogP contribution is 2.29. The van der Waals surface area contributed by atoms with Gasteiger partial charge in [-0.05, 0) is 24.5 Å². The van der Waals surface area contributed by atoms with Crippen LogP contribution in [0, 0.1) is 16.0 Å². The van der Waals surface area contributed by atoms with Crippen molar-refractivity contribution >= 4 is 11.4 Å². The van der Waals surface area contributed by atoms with Crippen LogP contribution in [0.15, 0.2) is 18.2 Å². The molecular weight excluding hydrogens is 232 g/mol. The van der Waals surface area contributed by atoms with E-state index in [9.17, 15) is 10.1 Å². The molecule has 0 aliphatic carbocycles. The van der Waals surface area contributed by atoms with Crippen LogP contribution in [0.2, 0.25) is 0 Å². The molecule has 0 aromatic heterocycles. The molecule has 1 unspecified atom stereocenters. The molecule has 1 atom stereocenters. The van der Waals surface area contributed by atoms with Crippen LogP contribution < -0.4 is 10.1 Å². The van der Waals surface area contributed by atoms with Gasteiger partial charge in [-0.15, -0.1) is 0 Å². The van der Waals surface area contributed by atoms with Gasteiger partial charge in [0.15, 0.2) is 0 Å². The van der Waals surface area contributed by atoms with Crippen LogP contribution in [0.5, 0.6) is 5.75 Å². The first-order valence-electron chi connectivity index (χ1n) is 6.14. The molecule has 0 amide bonds. The summed E-state index contributed by atoms with van der Waals surface area (Å²) in [5.74, 6) is 0.991. The molecule has 1 N–H and O–H groups in total. The van der Waals surface area contributed by atoms with Crippen molar-refractivity contribution in [2.45, 2.75) is 26.7 Å². The van der Waals surface area contributed by atoms with Gasteiger partial charge < -0.3 is 10.1 Å². The number of nitro benzene ring substituents is 1. The lowest BCUT2D eigenvalue weighted by atomic mass is 10.1. The van der Waals surface area contributed by atoms with Crippen molar-refractivity contribution in [3.8, 4) is 5.75 Å². The van der Waals surface area contributed by atoms with Crippen molar-refractivity contribution in [3.05, 3.63) is 28.3 Å². The number of methoxy groups -OCH3 is 1. The van der Waals surface area contributed by atoms with Gasteiger partial charge in [-0.2, -0.15) is 0 Å². The van der Waals surface area contributed by atoms with E-state index in [1.54, 1.807) is 12.1 Å². The first-order chi connectivity index (χ1) is 8.58. The Morgan fingerprint density at radius 3 is 2.78 bits per heavy atom. The van der Waals surface area contributed by atoms with E-state index in [4.69, 9.17) is 4.74 Å². The summed E-state index contributed by atoms with van der Waals surface area (Å²) < 4.78 is 4.99. The molecule has 0 radical (unpaired) electrons. The van der Waals surface area contributed by atoms with Crippen molar-refractivity contribution in [2.24, 2.45) is 5.92 Å². The summed E-state index contributed by atoms with van der Waals surface area (Å²) >= 11 is 0. The molecule has 0 saturated carbocycles. The van der Waals surface area contributed by atoms with Crippen LogP contribution in [0.25, 0.3) is 0 Å². The maximum Gasteiger partial charge on any atom is 0.296 e. The number of nitrogens with zero attached hydrogens (tertiary/aromatic N) is 1. The Morgan fingerprint density at radius 2 is 2.22 bits per heavy atom. The molecule has 1 rings (SSSR count). The standard InChI is InChI=1S/C13H20N2O3/c1-4-5-10(2)9-14-12-7-6-11(18-3)8-13(12)15(16)17/h6-8,10,14H,4-5,9H2,1-3H3. The summed E-state index contributed by atoms with van der Waals surface area (Å²) in [4.78, 5) is 10.6. The molecule has 0 heterocycles.